The lowest BCUT2D eigenvalue weighted by atomic mass is 10.2. The van der Waals surface area contributed by atoms with Crippen molar-refractivity contribution in [2.24, 2.45) is 0 Å². The molecule has 0 atom stereocenters. The standard InChI is InChI=1S/C17H16ClN3OS/c18-13-5-3-12(4-6-13)15-10-21-14(11-23-17(21)19-15)9-16(22)20-7-1-2-8-20/h3-6,10-11H,1-2,7-9H2. The largest absolute Gasteiger partial charge is 0.342 e. The fourth-order valence-electron chi connectivity index (χ4n) is 2.95. The van der Waals surface area contributed by atoms with Gasteiger partial charge in [-0.3, -0.25) is 9.20 Å². The summed E-state index contributed by atoms with van der Waals surface area (Å²) < 4.78 is 2.03. The van der Waals surface area contributed by atoms with Gasteiger partial charge in [0.1, 0.15) is 0 Å². The van der Waals surface area contributed by atoms with Crippen LogP contribution in [0.3, 0.4) is 0 Å². The monoisotopic (exact) mass is 345 g/mol. The third-order valence-corrected chi connectivity index (χ3v) is 5.36. The Morgan fingerprint density at radius 2 is 1.96 bits per heavy atom. The van der Waals surface area contributed by atoms with Crippen molar-refractivity contribution in [1.82, 2.24) is 14.3 Å². The zero-order valence-corrected chi connectivity index (χ0v) is 14.1. The summed E-state index contributed by atoms with van der Waals surface area (Å²) in [5.74, 6) is 0.212. The Bertz CT molecular complexity index is 846. The number of rotatable bonds is 3. The lowest BCUT2D eigenvalue weighted by molar-refractivity contribution is -0.129. The summed E-state index contributed by atoms with van der Waals surface area (Å²) in [6, 6.07) is 7.65. The van der Waals surface area contributed by atoms with Gasteiger partial charge >= 0.3 is 0 Å². The molecule has 23 heavy (non-hydrogen) atoms. The number of nitrogens with zero attached hydrogens (tertiary/aromatic N) is 3. The SMILES string of the molecule is O=C(Cc1csc2nc(-c3ccc(Cl)cc3)cn12)N1CCCC1. The summed E-state index contributed by atoms with van der Waals surface area (Å²) in [6.45, 7) is 1.79. The van der Waals surface area contributed by atoms with E-state index >= 15 is 0 Å². The van der Waals surface area contributed by atoms with E-state index in [1.165, 1.54) is 0 Å². The second-order valence-electron chi connectivity index (χ2n) is 5.78. The van der Waals surface area contributed by atoms with Crippen LogP contribution in [0.4, 0.5) is 0 Å². The van der Waals surface area contributed by atoms with Gasteiger partial charge in [-0.25, -0.2) is 4.98 Å². The molecular formula is C17H16ClN3OS. The molecular weight excluding hydrogens is 330 g/mol. The molecule has 3 aromatic rings. The Morgan fingerprint density at radius 3 is 2.70 bits per heavy atom. The first-order valence-corrected chi connectivity index (χ1v) is 8.96. The van der Waals surface area contributed by atoms with E-state index in [9.17, 15) is 4.79 Å². The minimum absolute atomic E-state index is 0.212. The fraction of sp³-hybridized carbons (Fsp3) is 0.294. The topological polar surface area (TPSA) is 37.6 Å². The number of carbonyl (C=O) groups is 1. The van der Waals surface area contributed by atoms with Crippen molar-refractivity contribution < 1.29 is 4.79 Å². The molecule has 0 N–H and O–H groups in total. The highest BCUT2D eigenvalue weighted by Crippen LogP contribution is 2.25. The maximum absolute atomic E-state index is 12.4. The predicted molar refractivity (Wildman–Crippen MR) is 93.0 cm³/mol. The number of fused-ring (bicyclic) bond motifs is 1. The van der Waals surface area contributed by atoms with Gasteiger partial charge < -0.3 is 4.90 Å². The third kappa shape index (κ3) is 2.86. The second kappa shape index (κ2) is 5.98. The number of amides is 1. The van der Waals surface area contributed by atoms with Gasteiger partial charge in [-0.2, -0.15) is 0 Å². The summed E-state index contributed by atoms with van der Waals surface area (Å²) in [6.07, 6.45) is 4.69. The number of hydrogen-bond donors (Lipinski definition) is 0. The van der Waals surface area contributed by atoms with Gasteiger partial charge in [0, 0.05) is 40.9 Å². The minimum Gasteiger partial charge on any atom is -0.342 e. The van der Waals surface area contributed by atoms with Crippen molar-refractivity contribution in [1.29, 1.82) is 0 Å². The second-order valence-corrected chi connectivity index (χ2v) is 7.05. The molecule has 0 spiro atoms. The molecule has 2 aromatic heterocycles. The van der Waals surface area contributed by atoms with Gasteiger partial charge in [0.05, 0.1) is 12.1 Å². The first-order valence-electron chi connectivity index (χ1n) is 7.70. The summed E-state index contributed by atoms with van der Waals surface area (Å²) in [4.78, 5) is 19.9. The Balaban J connectivity index is 1.61. The molecule has 4 rings (SSSR count). The quantitative estimate of drug-likeness (QED) is 0.722. The van der Waals surface area contributed by atoms with Gasteiger partial charge in [-0.05, 0) is 25.0 Å². The van der Waals surface area contributed by atoms with Gasteiger partial charge in [0.25, 0.3) is 0 Å². The molecule has 0 bridgehead atoms. The number of likely N-dealkylation sites (tertiary alicyclic amines) is 1. The molecule has 4 nitrogen and oxygen atoms in total. The molecule has 1 amide bonds. The first-order chi connectivity index (χ1) is 11.2. The fourth-order valence-corrected chi connectivity index (χ4v) is 3.95. The highest BCUT2D eigenvalue weighted by molar-refractivity contribution is 7.15. The molecule has 0 aliphatic carbocycles. The normalized spacial score (nSPS) is 14.7. The Labute approximate surface area is 143 Å². The van der Waals surface area contributed by atoms with Crippen molar-refractivity contribution in [2.45, 2.75) is 19.3 Å². The van der Waals surface area contributed by atoms with Gasteiger partial charge in [0.15, 0.2) is 4.96 Å². The number of benzene rings is 1. The maximum Gasteiger partial charge on any atom is 0.228 e. The van der Waals surface area contributed by atoms with Crippen LogP contribution in [0, 0.1) is 0 Å². The molecule has 0 radical (unpaired) electrons. The van der Waals surface area contributed by atoms with E-state index in [0.717, 1.165) is 47.8 Å². The number of imidazole rings is 1. The van der Waals surface area contributed by atoms with Crippen molar-refractivity contribution >= 4 is 33.8 Å². The van der Waals surface area contributed by atoms with Crippen LogP contribution in [-0.2, 0) is 11.2 Å². The van der Waals surface area contributed by atoms with Crippen molar-refractivity contribution in [3.63, 3.8) is 0 Å². The zero-order chi connectivity index (χ0) is 15.8. The maximum atomic E-state index is 12.4. The molecule has 6 heteroatoms. The Morgan fingerprint density at radius 1 is 1.22 bits per heavy atom. The zero-order valence-electron chi connectivity index (χ0n) is 12.5. The highest BCUT2D eigenvalue weighted by Gasteiger charge is 2.20. The van der Waals surface area contributed by atoms with Crippen LogP contribution in [0.25, 0.3) is 16.2 Å². The molecule has 1 saturated heterocycles. The minimum atomic E-state index is 0.212. The number of halogens is 1. The van der Waals surface area contributed by atoms with Gasteiger partial charge in [0.2, 0.25) is 5.91 Å². The molecule has 1 aliphatic rings. The van der Waals surface area contributed by atoms with Crippen molar-refractivity contribution in [3.8, 4) is 11.3 Å². The highest BCUT2D eigenvalue weighted by atomic mass is 35.5. The van der Waals surface area contributed by atoms with Crippen LogP contribution in [0.1, 0.15) is 18.5 Å². The van der Waals surface area contributed by atoms with Crippen LogP contribution < -0.4 is 0 Å². The van der Waals surface area contributed by atoms with E-state index in [2.05, 4.69) is 4.98 Å². The van der Waals surface area contributed by atoms with E-state index in [1.807, 2.05) is 45.1 Å². The van der Waals surface area contributed by atoms with Crippen LogP contribution in [-0.4, -0.2) is 33.3 Å². The number of hydrogen-bond acceptors (Lipinski definition) is 3. The lowest BCUT2D eigenvalue weighted by Crippen LogP contribution is -2.29. The lowest BCUT2D eigenvalue weighted by Gasteiger charge is -2.14. The average molecular weight is 346 g/mol. The van der Waals surface area contributed by atoms with E-state index < -0.39 is 0 Å². The number of carbonyl (C=O) groups excluding carboxylic acids is 1. The molecule has 0 saturated carbocycles. The van der Waals surface area contributed by atoms with E-state index in [-0.39, 0.29) is 5.91 Å². The molecule has 1 aromatic carbocycles. The van der Waals surface area contributed by atoms with Crippen molar-refractivity contribution in [3.05, 3.63) is 46.6 Å². The average Bonchev–Trinajstić information content (AvgIpc) is 3.25. The summed E-state index contributed by atoms with van der Waals surface area (Å²) in [5.41, 5.74) is 2.94. The number of thiazole rings is 1. The smallest absolute Gasteiger partial charge is 0.228 e. The van der Waals surface area contributed by atoms with E-state index in [4.69, 9.17) is 11.6 Å². The van der Waals surface area contributed by atoms with Crippen molar-refractivity contribution in [2.75, 3.05) is 13.1 Å². The van der Waals surface area contributed by atoms with Crippen LogP contribution >= 0.6 is 22.9 Å². The number of aromatic nitrogens is 2. The van der Waals surface area contributed by atoms with Gasteiger partial charge in [-0.1, -0.05) is 23.7 Å². The van der Waals surface area contributed by atoms with E-state index in [1.54, 1.807) is 11.3 Å². The molecule has 3 heterocycles. The molecule has 1 aliphatic heterocycles. The predicted octanol–water partition coefficient (Wildman–Crippen LogP) is 3.88. The Hall–Kier alpha value is -1.85. The molecule has 118 valence electrons. The van der Waals surface area contributed by atoms with Crippen LogP contribution in [0.15, 0.2) is 35.8 Å². The van der Waals surface area contributed by atoms with Gasteiger partial charge in [-0.15, -0.1) is 11.3 Å². The summed E-state index contributed by atoms with van der Waals surface area (Å²) in [7, 11) is 0. The third-order valence-electron chi connectivity index (χ3n) is 4.21. The summed E-state index contributed by atoms with van der Waals surface area (Å²) >= 11 is 7.51. The Kier molecular flexibility index (Phi) is 3.83. The van der Waals surface area contributed by atoms with E-state index in [0.29, 0.717) is 11.4 Å². The summed E-state index contributed by atoms with van der Waals surface area (Å²) in [5, 5.41) is 2.74. The van der Waals surface area contributed by atoms with Crippen LogP contribution in [0.5, 0.6) is 0 Å². The molecule has 1 fully saturated rings. The molecule has 0 unspecified atom stereocenters. The first kappa shape index (κ1) is 14.7. The van der Waals surface area contributed by atoms with Crippen LogP contribution in [0.2, 0.25) is 5.02 Å².